The van der Waals surface area contributed by atoms with Crippen molar-refractivity contribution in [2.75, 3.05) is 26.5 Å². The second-order valence-electron chi connectivity index (χ2n) is 2.98. The zero-order chi connectivity index (χ0) is 11.1. The maximum Gasteiger partial charge on any atom is 0.251 e. The Labute approximate surface area is 94.2 Å². The lowest BCUT2D eigenvalue weighted by atomic mass is 10.2. The van der Waals surface area contributed by atoms with Crippen molar-refractivity contribution in [3.8, 4) is 0 Å². The molecule has 0 aliphatic rings. The molecule has 0 saturated carbocycles. The van der Waals surface area contributed by atoms with Gasteiger partial charge in [0, 0.05) is 24.1 Å². The Bertz CT molecular complexity index is 311. The summed E-state index contributed by atoms with van der Waals surface area (Å²) in [5, 5.41) is 2.77. The monoisotopic (exact) mass is 225 g/mol. The fourth-order valence-electron chi connectivity index (χ4n) is 1.11. The standard InChI is InChI=1S/C11H15NO2S/c1-14-8-7-12-11(13)9-3-5-10(15-2)6-4-9/h3-6H,7-8H2,1-2H3,(H,12,13). The summed E-state index contributed by atoms with van der Waals surface area (Å²) in [5.74, 6) is -0.0558. The van der Waals surface area contributed by atoms with E-state index in [-0.39, 0.29) is 5.91 Å². The Morgan fingerprint density at radius 2 is 2.07 bits per heavy atom. The fraction of sp³-hybridized carbons (Fsp3) is 0.364. The second-order valence-corrected chi connectivity index (χ2v) is 3.86. The van der Waals surface area contributed by atoms with Crippen molar-refractivity contribution in [2.45, 2.75) is 4.90 Å². The van der Waals surface area contributed by atoms with Crippen molar-refractivity contribution in [3.05, 3.63) is 29.8 Å². The van der Waals surface area contributed by atoms with Gasteiger partial charge >= 0.3 is 0 Å². The smallest absolute Gasteiger partial charge is 0.251 e. The van der Waals surface area contributed by atoms with Crippen LogP contribution in [0.25, 0.3) is 0 Å². The molecule has 1 rings (SSSR count). The molecule has 0 radical (unpaired) electrons. The lowest BCUT2D eigenvalue weighted by Gasteiger charge is -2.04. The predicted molar refractivity (Wildman–Crippen MR) is 62.4 cm³/mol. The molecular weight excluding hydrogens is 210 g/mol. The number of hydrogen-bond acceptors (Lipinski definition) is 3. The van der Waals surface area contributed by atoms with Crippen LogP contribution in [0.2, 0.25) is 0 Å². The molecule has 0 aliphatic heterocycles. The SMILES string of the molecule is COCCNC(=O)c1ccc(SC)cc1. The third-order valence-electron chi connectivity index (χ3n) is 1.94. The summed E-state index contributed by atoms with van der Waals surface area (Å²) in [6.45, 7) is 1.08. The Morgan fingerprint density at radius 1 is 1.40 bits per heavy atom. The van der Waals surface area contributed by atoms with Crippen LogP contribution in [-0.4, -0.2) is 32.4 Å². The quantitative estimate of drug-likeness (QED) is 0.613. The molecule has 0 fully saturated rings. The summed E-state index contributed by atoms with van der Waals surface area (Å²) in [6.07, 6.45) is 2.01. The summed E-state index contributed by atoms with van der Waals surface area (Å²) in [7, 11) is 1.61. The van der Waals surface area contributed by atoms with Crippen LogP contribution in [0.4, 0.5) is 0 Å². The average Bonchev–Trinajstić information content (AvgIpc) is 2.29. The third kappa shape index (κ3) is 3.93. The summed E-state index contributed by atoms with van der Waals surface area (Å²) in [6, 6.07) is 7.54. The van der Waals surface area contributed by atoms with Crippen LogP contribution < -0.4 is 5.32 Å². The number of carbonyl (C=O) groups excluding carboxylic acids is 1. The number of rotatable bonds is 5. The van der Waals surface area contributed by atoms with Crippen LogP contribution in [-0.2, 0) is 4.74 Å². The van der Waals surface area contributed by atoms with Gasteiger partial charge in [-0.2, -0.15) is 0 Å². The van der Waals surface area contributed by atoms with Crippen molar-refractivity contribution >= 4 is 17.7 Å². The van der Waals surface area contributed by atoms with E-state index < -0.39 is 0 Å². The van der Waals surface area contributed by atoms with E-state index in [2.05, 4.69) is 5.32 Å². The Kier molecular flexibility index (Phi) is 5.21. The Morgan fingerprint density at radius 3 is 2.60 bits per heavy atom. The molecule has 15 heavy (non-hydrogen) atoms. The van der Waals surface area contributed by atoms with E-state index in [1.165, 1.54) is 0 Å². The summed E-state index contributed by atoms with van der Waals surface area (Å²) in [5.41, 5.74) is 0.684. The Balaban J connectivity index is 2.50. The normalized spacial score (nSPS) is 10.0. The third-order valence-corrected chi connectivity index (χ3v) is 2.69. The van der Waals surface area contributed by atoms with Crippen molar-refractivity contribution in [3.63, 3.8) is 0 Å². The largest absolute Gasteiger partial charge is 0.383 e. The minimum atomic E-state index is -0.0558. The number of methoxy groups -OCH3 is 1. The molecule has 0 atom stereocenters. The van der Waals surface area contributed by atoms with E-state index in [9.17, 15) is 4.79 Å². The van der Waals surface area contributed by atoms with E-state index in [0.29, 0.717) is 18.7 Å². The minimum Gasteiger partial charge on any atom is -0.383 e. The fourth-order valence-corrected chi connectivity index (χ4v) is 1.52. The maximum absolute atomic E-state index is 11.5. The van der Waals surface area contributed by atoms with Crippen molar-refractivity contribution in [1.82, 2.24) is 5.32 Å². The highest BCUT2D eigenvalue weighted by molar-refractivity contribution is 7.98. The number of nitrogens with one attached hydrogen (secondary N) is 1. The summed E-state index contributed by atoms with van der Waals surface area (Å²) < 4.78 is 4.85. The van der Waals surface area contributed by atoms with E-state index in [4.69, 9.17) is 4.74 Å². The zero-order valence-electron chi connectivity index (χ0n) is 8.95. The molecule has 0 saturated heterocycles. The van der Waals surface area contributed by atoms with Gasteiger partial charge in [0.05, 0.1) is 6.61 Å². The number of thioether (sulfide) groups is 1. The molecule has 1 aromatic carbocycles. The summed E-state index contributed by atoms with van der Waals surface area (Å²) >= 11 is 1.66. The van der Waals surface area contributed by atoms with Crippen LogP contribution in [0.5, 0.6) is 0 Å². The van der Waals surface area contributed by atoms with Gasteiger partial charge in [0.2, 0.25) is 0 Å². The first-order valence-electron chi connectivity index (χ1n) is 4.69. The minimum absolute atomic E-state index is 0.0558. The lowest BCUT2D eigenvalue weighted by Crippen LogP contribution is -2.26. The predicted octanol–water partition coefficient (Wildman–Crippen LogP) is 1.78. The molecule has 0 bridgehead atoms. The molecule has 0 unspecified atom stereocenters. The van der Waals surface area contributed by atoms with Gasteiger partial charge in [-0.3, -0.25) is 4.79 Å². The van der Waals surface area contributed by atoms with Crippen LogP contribution in [0.1, 0.15) is 10.4 Å². The highest BCUT2D eigenvalue weighted by Gasteiger charge is 2.03. The van der Waals surface area contributed by atoms with Crippen LogP contribution in [0.3, 0.4) is 0 Å². The van der Waals surface area contributed by atoms with E-state index in [1.807, 2.05) is 30.5 Å². The van der Waals surface area contributed by atoms with Gasteiger partial charge in [-0.15, -0.1) is 11.8 Å². The maximum atomic E-state index is 11.5. The van der Waals surface area contributed by atoms with E-state index >= 15 is 0 Å². The molecule has 0 spiro atoms. The average molecular weight is 225 g/mol. The molecule has 0 heterocycles. The first-order valence-corrected chi connectivity index (χ1v) is 5.91. The first kappa shape index (κ1) is 12.1. The molecule has 3 nitrogen and oxygen atoms in total. The van der Waals surface area contributed by atoms with Gasteiger partial charge in [-0.05, 0) is 30.5 Å². The zero-order valence-corrected chi connectivity index (χ0v) is 9.76. The number of hydrogen-bond donors (Lipinski definition) is 1. The summed E-state index contributed by atoms with van der Waals surface area (Å²) in [4.78, 5) is 12.7. The van der Waals surface area contributed by atoms with Gasteiger partial charge in [0.15, 0.2) is 0 Å². The molecule has 0 aromatic heterocycles. The molecule has 4 heteroatoms. The van der Waals surface area contributed by atoms with Crippen molar-refractivity contribution in [2.24, 2.45) is 0 Å². The topological polar surface area (TPSA) is 38.3 Å². The molecule has 1 N–H and O–H groups in total. The molecular formula is C11H15NO2S. The first-order chi connectivity index (χ1) is 7.27. The van der Waals surface area contributed by atoms with Gasteiger partial charge in [0.25, 0.3) is 5.91 Å². The highest BCUT2D eigenvalue weighted by atomic mass is 32.2. The van der Waals surface area contributed by atoms with Gasteiger partial charge in [0.1, 0.15) is 0 Å². The van der Waals surface area contributed by atoms with Crippen molar-refractivity contribution < 1.29 is 9.53 Å². The van der Waals surface area contributed by atoms with Gasteiger partial charge in [-0.25, -0.2) is 0 Å². The Hall–Kier alpha value is -1.00. The van der Waals surface area contributed by atoms with Crippen molar-refractivity contribution in [1.29, 1.82) is 0 Å². The molecule has 82 valence electrons. The van der Waals surface area contributed by atoms with Crippen LogP contribution in [0, 0.1) is 0 Å². The van der Waals surface area contributed by atoms with E-state index in [1.54, 1.807) is 18.9 Å². The number of amides is 1. The number of benzene rings is 1. The second kappa shape index (κ2) is 6.48. The number of carbonyl (C=O) groups is 1. The van der Waals surface area contributed by atoms with Crippen LogP contribution in [0.15, 0.2) is 29.2 Å². The molecule has 1 aromatic rings. The highest BCUT2D eigenvalue weighted by Crippen LogP contribution is 2.14. The lowest BCUT2D eigenvalue weighted by molar-refractivity contribution is 0.0937. The van der Waals surface area contributed by atoms with E-state index in [0.717, 1.165) is 4.90 Å². The van der Waals surface area contributed by atoms with Gasteiger partial charge < -0.3 is 10.1 Å². The van der Waals surface area contributed by atoms with Crippen LogP contribution >= 0.6 is 11.8 Å². The molecule has 1 amide bonds. The molecule has 0 aliphatic carbocycles. The van der Waals surface area contributed by atoms with Gasteiger partial charge in [-0.1, -0.05) is 0 Å². The number of ether oxygens (including phenoxy) is 1.